The molecule has 0 spiro atoms. The maximum Gasteiger partial charge on any atom is 0.306 e. The summed E-state index contributed by atoms with van der Waals surface area (Å²) in [5, 5.41) is 0. The number of rotatable bonds is 11. The number of unbranched alkanes of at least 4 members (excludes halogenated alkanes) is 1. The molecule has 5 nitrogen and oxygen atoms in total. The van der Waals surface area contributed by atoms with Gasteiger partial charge in [0.15, 0.2) is 0 Å². The summed E-state index contributed by atoms with van der Waals surface area (Å²) in [6.45, 7) is 8.36. The van der Waals surface area contributed by atoms with Gasteiger partial charge in [-0.3, -0.25) is 9.59 Å². The van der Waals surface area contributed by atoms with Crippen LogP contribution in [0.1, 0.15) is 56.4 Å². The zero-order chi connectivity index (χ0) is 20.4. The number of esters is 1. The Bertz CT molecular complexity index is 767. The van der Waals surface area contributed by atoms with Crippen molar-refractivity contribution in [2.75, 3.05) is 13.2 Å². The van der Waals surface area contributed by atoms with Crippen LogP contribution >= 0.6 is 0 Å². The van der Waals surface area contributed by atoms with Gasteiger partial charge in [0, 0.05) is 31.4 Å². The Morgan fingerprint density at radius 1 is 1.11 bits per heavy atom. The van der Waals surface area contributed by atoms with E-state index >= 15 is 0 Å². The second-order valence-corrected chi connectivity index (χ2v) is 7.09. The van der Waals surface area contributed by atoms with Gasteiger partial charge in [0.2, 0.25) is 5.91 Å². The summed E-state index contributed by atoms with van der Waals surface area (Å²) in [7, 11) is 0. The van der Waals surface area contributed by atoms with E-state index in [9.17, 15) is 9.59 Å². The molecule has 0 aliphatic heterocycles. The summed E-state index contributed by atoms with van der Waals surface area (Å²) < 4.78 is 7.13. The zero-order valence-corrected chi connectivity index (χ0v) is 17.3. The highest BCUT2D eigenvalue weighted by Crippen LogP contribution is 2.14. The van der Waals surface area contributed by atoms with E-state index in [0.29, 0.717) is 19.7 Å². The molecule has 0 atom stereocenters. The predicted octanol–water partition coefficient (Wildman–Crippen LogP) is 4.32. The fourth-order valence-electron chi connectivity index (χ4n) is 3.19. The molecule has 1 aromatic heterocycles. The summed E-state index contributed by atoms with van der Waals surface area (Å²) >= 11 is 0. The van der Waals surface area contributed by atoms with E-state index in [1.807, 2.05) is 11.0 Å². The van der Waals surface area contributed by atoms with Crippen LogP contribution in [0.15, 0.2) is 42.6 Å². The lowest BCUT2D eigenvalue weighted by Gasteiger charge is -2.23. The zero-order valence-electron chi connectivity index (χ0n) is 17.3. The molecular formula is C23H32N2O3. The normalized spacial score (nSPS) is 10.7. The van der Waals surface area contributed by atoms with Crippen molar-refractivity contribution in [3.63, 3.8) is 0 Å². The van der Waals surface area contributed by atoms with Gasteiger partial charge in [-0.05, 0) is 38.0 Å². The predicted molar refractivity (Wildman–Crippen MR) is 111 cm³/mol. The van der Waals surface area contributed by atoms with Crippen LogP contribution in [0.25, 0.3) is 0 Å². The highest BCUT2D eigenvalue weighted by atomic mass is 16.5. The molecule has 0 aliphatic rings. The molecule has 2 rings (SSSR count). The lowest BCUT2D eigenvalue weighted by Crippen LogP contribution is -2.32. The Labute approximate surface area is 168 Å². The van der Waals surface area contributed by atoms with Crippen LogP contribution in [0, 0.1) is 6.92 Å². The number of hydrogen-bond acceptors (Lipinski definition) is 3. The number of aryl methyl sites for hydroxylation is 1. The lowest BCUT2D eigenvalue weighted by molar-refractivity contribution is -0.145. The Morgan fingerprint density at radius 2 is 1.93 bits per heavy atom. The quantitative estimate of drug-likeness (QED) is 0.542. The molecule has 0 N–H and O–H groups in total. The van der Waals surface area contributed by atoms with Crippen LogP contribution in [0.3, 0.4) is 0 Å². The second kappa shape index (κ2) is 11.3. The van der Waals surface area contributed by atoms with E-state index in [4.69, 9.17) is 4.74 Å². The Kier molecular flexibility index (Phi) is 8.79. The fraction of sp³-hybridized carbons (Fsp3) is 0.478. The van der Waals surface area contributed by atoms with Crippen molar-refractivity contribution in [1.82, 2.24) is 9.47 Å². The van der Waals surface area contributed by atoms with Gasteiger partial charge in [0.1, 0.15) is 0 Å². The molecule has 0 aliphatic carbocycles. The van der Waals surface area contributed by atoms with Crippen molar-refractivity contribution in [3.05, 3.63) is 59.4 Å². The molecular weight excluding hydrogens is 352 g/mol. The van der Waals surface area contributed by atoms with E-state index in [2.05, 4.69) is 54.9 Å². The van der Waals surface area contributed by atoms with Crippen molar-refractivity contribution in [2.24, 2.45) is 0 Å². The summed E-state index contributed by atoms with van der Waals surface area (Å²) in [4.78, 5) is 26.2. The average Bonchev–Trinajstić information content (AvgIpc) is 3.10. The number of amides is 1. The molecule has 1 aromatic carbocycles. The highest BCUT2D eigenvalue weighted by molar-refractivity contribution is 5.81. The Balaban J connectivity index is 2.04. The standard InChI is InChI=1S/C23H32N2O3/c1-4-6-14-25(22(26)12-13-23(27)28-5-2)18-21-11-8-15-24(21)17-20-10-7-9-19(3)16-20/h7-11,15-16H,4-6,12-14,17-18H2,1-3H3. The van der Waals surface area contributed by atoms with Gasteiger partial charge < -0.3 is 14.2 Å². The van der Waals surface area contributed by atoms with Gasteiger partial charge in [0.25, 0.3) is 0 Å². The van der Waals surface area contributed by atoms with E-state index in [0.717, 1.165) is 25.1 Å². The van der Waals surface area contributed by atoms with Gasteiger partial charge >= 0.3 is 5.97 Å². The SMILES string of the molecule is CCCCN(Cc1cccn1Cc1cccc(C)c1)C(=O)CCC(=O)OCC. The fourth-order valence-corrected chi connectivity index (χ4v) is 3.19. The first-order chi connectivity index (χ1) is 13.5. The van der Waals surface area contributed by atoms with E-state index < -0.39 is 0 Å². The molecule has 0 radical (unpaired) electrons. The Morgan fingerprint density at radius 3 is 2.64 bits per heavy atom. The van der Waals surface area contributed by atoms with Crippen molar-refractivity contribution in [2.45, 2.75) is 59.5 Å². The van der Waals surface area contributed by atoms with Gasteiger partial charge in [-0.15, -0.1) is 0 Å². The van der Waals surface area contributed by atoms with Gasteiger partial charge in [-0.2, -0.15) is 0 Å². The van der Waals surface area contributed by atoms with Crippen molar-refractivity contribution >= 4 is 11.9 Å². The summed E-state index contributed by atoms with van der Waals surface area (Å²) in [6, 6.07) is 12.5. The molecule has 0 fully saturated rings. The minimum atomic E-state index is -0.311. The third-order valence-electron chi connectivity index (χ3n) is 4.69. The first-order valence-electron chi connectivity index (χ1n) is 10.2. The molecule has 28 heavy (non-hydrogen) atoms. The third kappa shape index (κ3) is 6.87. The average molecular weight is 385 g/mol. The van der Waals surface area contributed by atoms with Crippen LogP contribution < -0.4 is 0 Å². The third-order valence-corrected chi connectivity index (χ3v) is 4.69. The van der Waals surface area contributed by atoms with E-state index in [-0.39, 0.29) is 24.7 Å². The molecule has 0 saturated carbocycles. The summed E-state index contributed by atoms with van der Waals surface area (Å²) in [5.74, 6) is -0.307. The number of hydrogen-bond donors (Lipinski definition) is 0. The molecule has 0 saturated heterocycles. The highest BCUT2D eigenvalue weighted by Gasteiger charge is 2.17. The molecule has 0 bridgehead atoms. The molecule has 0 unspecified atom stereocenters. The van der Waals surface area contributed by atoms with Crippen LogP contribution in [0.2, 0.25) is 0 Å². The van der Waals surface area contributed by atoms with Crippen LogP contribution in [0.4, 0.5) is 0 Å². The van der Waals surface area contributed by atoms with Crippen molar-refractivity contribution in [3.8, 4) is 0 Å². The van der Waals surface area contributed by atoms with Crippen LogP contribution in [0.5, 0.6) is 0 Å². The number of carbonyl (C=O) groups excluding carboxylic acids is 2. The van der Waals surface area contributed by atoms with Gasteiger partial charge in [-0.25, -0.2) is 0 Å². The molecule has 1 amide bonds. The first-order valence-corrected chi connectivity index (χ1v) is 10.2. The monoisotopic (exact) mass is 384 g/mol. The molecule has 152 valence electrons. The second-order valence-electron chi connectivity index (χ2n) is 7.09. The smallest absolute Gasteiger partial charge is 0.306 e. The van der Waals surface area contributed by atoms with Crippen molar-refractivity contribution < 1.29 is 14.3 Å². The molecule has 2 aromatic rings. The van der Waals surface area contributed by atoms with Crippen molar-refractivity contribution in [1.29, 1.82) is 0 Å². The number of benzene rings is 1. The van der Waals surface area contributed by atoms with Crippen LogP contribution in [-0.2, 0) is 27.4 Å². The van der Waals surface area contributed by atoms with E-state index in [1.165, 1.54) is 11.1 Å². The van der Waals surface area contributed by atoms with Crippen LogP contribution in [-0.4, -0.2) is 34.5 Å². The molecule has 5 heteroatoms. The number of ether oxygens (including phenoxy) is 1. The Hall–Kier alpha value is -2.56. The largest absolute Gasteiger partial charge is 0.466 e. The maximum absolute atomic E-state index is 12.7. The first kappa shape index (κ1) is 21.7. The summed E-state index contributed by atoms with van der Waals surface area (Å²) in [6.07, 6.45) is 4.36. The minimum Gasteiger partial charge on any atom is -0.466 e. The summed E-state index contributed by atoms with van der Waals surface area (Å²) in [5.41, 5.74) is 3.58. The maximum atomic E-state index is 12.7. The number of nitrogens with zero attached hydrogens (tertiary/aromatic N) is 2. The lowest BCUT2D eigenvalue weighted by atomic mass is 10.1. The van der Waals surface area contributed by atoms with Gasteiger partial charge in [0.05, 0.1) is 19.6 Å². The van der Waals surface area contributed by atoms with E-state index in [1.54, 1.807) is 6.92 Å². The molecule has 1 heterocycles. The minimum absolute atomic E-state index is 0.00445. The number of aromatic nitrogens is 1. The topological polar surface area (TPSA) is 51.5 Å². The number of carbonyl (C=O) groups is 2. The van der Waals surface area contributed by atoms with Gasteiger partial charge in [-0.1, -0.05) is 43.2 Å².